The lowest BCUT2D eigenvalue weighted by Gasteiger charge is -2.12. The summed E-state index contributed by atoms with van der Waals surface area (Å²) in [4.78, 5) is 11.8. The fraction of sp³-hybridized carbons (Fsp3) is 0.0667. The minimum atomic E-state index is -0.217. The van der Waals surface area contributed by atoms with Gasteiger partial charge in [-0.2, -0.15) is 0 Å². The first-order valence-electron chi connectivity index (χ1n) is 6.39. The maximum absolute atomic E-state index is 11.8. The molecule has 0 saturated heterocycles. The molecule has 5 nitrogen and oxygen atoms in total. The molecule has 0 radical (unpaired) electrons. The smallest absolute Gasteiger partial charge is 0.242 e. The number of nitrogens with one attached hydrogen (secondary N) is 3. The molecule has 108 valence electrons. The number of hydrogen-bond donors (Lipinski definition) is 4. The number of hydrazine groups is 1. The average molecular weight is 300 g/mol. The summed E-state index contributed by atoms with van der Waals surface area (Å²) >= 11 is 4.63. The number of thiocarbonyl (C=S) groups is 1. The van der Waals surface area contributed by atoms with Crippen LogP contribution in [-0.2, 0) is 11.2 Å². The Balaban J connectivity index is 2.06. The minimum Gasteiger partial charge on any atom is -0.375 e. The van der Waals surface area contributed by atoms with Gasteiger partial charge in [-0.15, -0.1) is 0 Å². The fourth-order valence-corrected chi connectivity index (χ4v) is 1.87. The number of amides is 1. The van der Waals surface area contributed by atoms with Crippen molar-refractivity contribution >= 4 is 34.6 Å². The van der Waals surface area contributed by atoms with Crippen LogP contribution in [0.4, 0.5) is 11.4 Å². The minimum absolute atomic E-state index is 0.0269. The van der Waals surface area contributed by atoms with E-state index in [0.717, 1.165) is 16.9 Å². The molecule has 0 aromatic heterocycles. The van der Waals surface area contributed by atoms with E-state index < -0.39 is 0 Å². The SMILES string of the molecule is NC(=S)NNC(=O)Cc1ccccc1Nc1ccccc1. The summed E-state index contributed by atoms with van der Waals surface area (Å²) in [6.45, 7) is 0. The third-order valence-electron chi connectivity index (χ3n) is 2.75. The molecule has 2 rings (SSSR count). The van der Waals surface area contributed by atoms with Crippen LogP contribution in [0.2, 0.25) is 0 Å². The van der Waals surface area contributed by atoms with Crippen molar-refractivity contribution in [3.05, 3.63) is 60.2 Å². The molecule has 0 aliphatic rings. The summed E-state index contributed by atoms with van der Waals surface area (Å²) in [6, 6.07) is 17.4. The zero-order valence-electron chi connectivity index (χ0n) is 11.3. The third-order valence-corrected chi connectivity index (χ3v) is 2.85. The van der Waals surface area contributed by atoms with Gasteiger partial charge in [-0.3, -0.25) is 15.6 Å². The molecule has 0 fully saturated rings. The van der Waals surface area contributed by atoms with Crippen LogP contribution in [0.25, 0.3) is 0 Å². The first-order chi connectivity index (χ1) is 10.1. The lowest BCUT2D eigenvalue weighted by molar-refractivity contribution is -0.120. The molecule has 2 aromatic rings. The van der Waals surface area contributed by atoms with Gasteiger partial charge in [0.1, 0.15) is 0 Å². The standard InChI is InChI=1S/C15H16N4OS/c16-15(21)19-18-14(20)10-11-6-4-5-9-13(11)17-12-7-2-1-3-8-12/h1-9,17H,10H2,(H,18,20)(H3,16,19,21). The molecule has 2 aromatic carbocycles. The van der Waals surface area contributed by atoms with Crippen molar-refractivity contribution in [3.63, 3.8) is 0 Å². The predicted molar refractivity (Wildman–Crippen MR) is 87.9 cm³/mol. The van der Waals surface area contributed by atoms with Crippen molar-refractivity contribution in [1.29, 1.82) is 0 Å². The fourth-order valence-electron chi connectivity index (χ4n) is 1.82. The van der Waals surface area contributed by atoms with E-state index in [1.807, 2.05) is 54.6 Å². The van der Waals surface area contributed by atoms with Gasteiger partial charge in [-0.05, 0) is 36.0 Å². The lowest BCUT2D eigenvalue weighted by atomic mass is 10.1. The second kappa shape index (κ2) is 7.25. The predicted octanol–water partition coefficient (Wildman–Crippen LogP) is 1.84. The molecule has 0 saturated carbocycles. The van der Waals surface area contributed by atoms with E-state index in [-0.39, 0.29) is 17.4 Å². The second-order valence-corrected chi connectivity index (χ2v) is 4.80. The van der Waals surface area contributed by atoms with E-state index in [2.05, 4.69) is 28.4 Å². The van der Waals surface area contributed by atoms with Gasteiger partial charge < -0.3 is 11.1 Å². The van der Waals surface area contributed by atoms with E-state index in [0.29, 0.717) is 0 Å². The molecule has 0 aliphatic carbocycles. The number of carbonyl (C=O) groups is 1. The lowest BCUT2D eigenvalue weighted by Crippen LogP contribution is -2.44. The summed E-state index contributed by atoms with van der Waals surface area (Å²) < 4.78 is 0. The zero-order valence-corrected chi connectivity index (χ0v) is 12.1. The van der Waals surface area contributed by atoms with Gasteiger partial charge in [0.15, 0.2) is 5.11 Å². The summed E-state index contributed by atoms with van der Waals surface area (Å²) in [5.41, 5.74) is 12.8. The summed E-state index contributed by atoms with van der Waals surface area (Å²) in [7, 11) is 0. The number of anilines is 2. The molecule has 0 unspecified atom stereocenters. The Hall–Kier alpha value is -2.60. The van der Waals surface area contributed by atoms with Crippen LogP contribution in [0.1, 0.15) is 5.56 Å². The average Bonchev–Trinajstić information content (AvgIpc) is 2.48. The number of para-hydroxylation sites is 2. The third kappa shape index (κ3) is 4.77. The molecule has 0 spiro atoms. The first kappa shape index (κ1) is 14.8. The van der Waals surface area contributed by atoms with Crippen LogP contribution in [0.5, 0.6) is 0 Å². The number of nitrogens with two attached hydrogens (primary N) is 1. The van der Waals surface area contributed by atoms with Crippen molar-refractivity contribution in [1.82, 2.24) is 10.9 Å². The molecular weight excluding hydrogens is 284 g/mol. The van der Waals surface area contributed by atoms with E-state index in [1.165, 1.54) is 0 Å². The molecule has 1 amide bonds. The molecule has 0 bridgehead atoms. The maximum atomic E-state index is 11.8. The first-order valence-corrected chi connectivity index (χ1v) is 6.80. The van der Waals surface area contributed by atoms with Crippen LogP contribution in [0.15, 0.2) is 54.6 Å². The van der Waals surface area contributed by atoms with Crippen molar-refractivity contribution < 1.29 is 4.79 Å². The van der Waals surface area contributed by atoms with E-state index in [1.54, 1.807) is 0 Å². The Morgan fingerprint density at radius 2 is 1.67 bits per heavy atom. The van der Waals surface area contributed by atoms with E-state index in [9.17, 15) is 4.79 Å². The summed E-state index contributed by atoms with van der Waals surface area (Å²) in [5.74, 6) is -0.217. The number of hydrogen-bond acceptors (Lipinski definition) is 3. The zero-order chi connectivity index (χ0) is 15.1. The monoisotopic (exact) mass is 300 g/mol. The number of rotatable bonds is 4. The van der Waals surface area contributed by atoms with Gasteiger partial charge in [-0.25, -0.2) is 0 Å². The molecule has 6 heteroatoms. The summed E-state index contributed by atoms with van der Waals surface area (Å²) in [5, 5.41) is 3.32. The topological polar surface area (TPSA) is 79.2 Å². The largest absolute Gasteiger partial charge is 0.375 e. The van der Waals surface area contributed by atoms with Gasteiger partial charge in [0, 0.05) is 11.4 Å². The van der Waals surface area contributed by atoms with Crippen molar-refractivity contribution in [2.75, 3.05) is 5.32 Å². The highest BCUT2D eigenvalue weighted by atomic mass is 32.1. The summed E-state index contributed by atoms with van der Waals surface area (Å²) in [6.07, 6.45) is 0.214. The molecule has 21 heavy (non-hydrogen) atoms. The Kier molecular flexibility index (Phi) is 5.11. The molecule has 5 N–H and O–H groups in total. The number of benzene rings is 2. The molecule has 0 aliphatic heterocycles. The van der Waals surface area contributed by atoms with Crippen LogP contribution >= 0.6 is 12.2 Å². The molecular formula is C15H16N4OS. The van der Waals surface area contributed by atoms with Gasteiger partial charge >= 0.3 is 0 Å². The van der Waals surface area contributed by atoms with Crippen LogP contribution in [0, 0.1) is 0 Å². The quantitative estimate of drug-likeness (QED) is 0.512. The van der Waals surface area contributed by atoms with E-state index in [4.69, 9.17) is 5.73 Å². The normalized spacial score (nSPS) is 9.71. The molecule has 0 heterocycles. The van der Waals surface area contributed by atoms with Gasteiger partial charge in [0.2, 0.25) is 5.91 Å². The Morgan fingerprint density at radius 1 is 1.00 bits per heavy atom. The Morgan fingerprint density at radius 3 is 2.38 bits per heavy atom. The van der Waals surface area contributed by atoms with Crippen LogP contribution in [-0.4, -0.2) is 11.0 Å². The Bertz CT molecular complexity index is 631. The van der Waals surface area contributed by atoms with E-state index >= 15 is 0 Å². The maximum Gasteiger partial charge on any atom is 0.242 e. The van der Waals surface area contributed by atoms with Gasteiger partial charge in [0.05, 0.1) is 6.42 Å². The van der Waals surface area contributed by atoms with Crippen molar-refractivity contribution in [2.45, 2.75) is 6.42 Å². The second-order valence-electron chi connectivity index (χ2n) is 4.36. The molecule has 0 atom stereocenters. The highest BCUT2D eigenvalue weighted by molar-refractivity contribution is 7.80. The Labute approximate surface area is 128 Å². The van der Waals surface area contributed by atoms with Crippen molar-refractivity contribution in [3.8, 4) is 0 Å². The van der Waals surface area contributed by atoms with Gasteiger partial charge in [0.25, 0.3) is 0 Å². The van der Waals surface area contributed by atoms with Gasteiger partial charge in [-0.1, -0.05) is 36.4 Å². The highest BCUT2D eigenvalue weighted by Gasteiger charge is 2.07. The van der Waals surface area contributed by atoms with Crippen LogP contribution in [0.3, 0.4) is 0 Å². The van der Waals surface area contributed by atoms with Crippen molar-refractivity contribution in [2.24, 2.45) is 5.73 Å². The van der Waals surface area contributed by atoms with Crippen LogP contribution < -0.4 is 21.9 Å². The number of carbonyl (C=O) groups excluding carboxylic acids is 1. The highest BCUT2D eigenvalue weighted by Crippen LogP contribution is 2.20.